The van der Waals surface area contributed by atoms with Crippen molar-refractivity contribution in [2.45, 2.75) is 71.9 Å². The van der Waals surface area contributed by atoms with Crippen molar-refractivity contribution in [1.29, 1.82) is 0 Å². The van der Waals surface area contributed by atoms with Gasteiger partial charge in [0.25, 0.3) is 0 Å². The third-order valence-corrected chi connectivity index (χ3v) is 3.45. The molecule has 0 unspecified atom stereocenters. The first-order chi connectivity index (χ1) is 10.7. The average Bonchev–Trinajstić information content (AvgIpc) is 2.38. The highest BCUT2D eigenvalue weighted by atomic mass is 16.6. The molecule has 7 heteroatoms. The molecule has 0 amide bonds. The lowest BCUT2D eigenvalue weighted by Gasteiger charge is -2.40. The van der Waals surface area contributed by atoms with E-state index in [0.717, 1.165) is 0 Å². The van der Waals surface area contributed by atoms with E-state index in [9.17, 15) is 14.4 Å². The van der Waals surface area contributed by atoms with Gasteiger partial charge in [0, 0.05) is 20.8 Å². The van der Waals surface area contributed by atoms with Gasteiger partial charge in [-0.25, -0.2) is 0 Å². The maximum absolute atomic E-state index is 11.4. The molecule has 0 aromatic heterocycles. The van der Waals surface area contributed by atoms with Gasteiger partial charge in [0.05, 0.1) is 18.8 Å². The Morgan fingerprint density at radius 1 is 0.913 bits per heavy atom. The van der Waals surface area contributed by atoms with E-state index in [2.05, 4.69) is 0 Å². The second-order valence-electron chi connectivity index (χ2n) is 6.09. The molecule has 0 heterocycles. The smallest absolute Gasteiger partial charge is 0.303 e. The fourth-order valence-electron chi connectivity index (χ4n) is 2.79. The van der Waals surface area contributed by atoms with Crippen molar-refractivity contribution < 1.29 is 33.3 Å². The first kappa shape index (κ1) is 19.4. The number of carbonyl (C=O) groups is 3. The van der Waals surface area contributed by atoms with E-state index in [-0.39, 0.29) is 24.6 Å². The zero-order chi connectivity index (χ0) is 17.6. The number of carbonyl (C=O) groups excluding carboxylic acids is 3. The molecule has 132 valence electrons. The van der Waals surface area contributed by atoms with Gasteiger partial charge in [0.1, 0.15) is 6.10 Å². The minimum absolute atomic E-state index is 0.0289. The van der Waals surface area contributed by atoms with Crippen LogP contribution in [-0.4, -0.2) is 48.9 Å². The molecule has 0 aliphatic heterocycles. The second-order valence-corrected chi connectivity index (χ2v) is 6.09. The summed E-state index contributed by atoms with van der Waals surface area (Å²) in [6.07, 6.45) is -0.771. The molecular formula is C16H26O7. The Balaban J connectivity index is 2.90. The van der Waals surface area contributed by atoms with Gasteiger partial charge in [0.2, 0.25) is 0 Å². The number of hydrogen-bond donors (Lipinski definition) is 0. The molecule has 7 nitrogen and oxygen atoms in total. The zero-order valence-corrected chi connectivity index (χ0v) is 14.4. The molecule has 0 aromatic rings. The standard InChI is InChI=1S/C16H26O7/c1-9(2)21-14-6-13(8-20-10(3)17)7-15(22-11(4)18)16(14)23-12(5)19/h9,13-16H,6-8H2,1-5H3/t13-,14+,15+,16-/m0/s1. The van der Waals surface area contributed by atoms with Gasteiger partial charge in [0.15, 0.2) is 6.10 Å². The molecular weight excluding hydrogens is 304 g/mol. The lowest BCUT2D eigenvalue weighted by molar-refractivity contribution is -0.196. The average molecular weight is 330 g/mol. The minimum Gasteiger partial charge on any atom is -0.466 e. The molecule has 1 rings (SSSR count). The number of esters is 3. The maximum atomic E-state index is 11.4. The van der Waals surface area contributed by atoms with Crippen LogP contribution in [0.15, 0.2) is 0 Å². The molecule has 0 aromatic carbocycles. The Morgan fingerprint density at radius 2 is 1.48 bits per heavy atom. The van der Waals surface area contributed by atoms with E-state index < -0.39 is 30.3 Å². The predicted octanol–water partition coefficient (Wildman–Crippen LogP) is 1.62. The molecule has 0 spiro atoms. The fraction of sp³-hybridized carbons (Fsp3) is 0.812. The highest BCUT2D eigenvalue weighted by molar-refractivity contribution is 5.67. The van der Waals surface area contributed by atoms with Gasteiger partial charge in [-0.1, -0.05) is 0 Å². The summed E-state index contributed by atoms with van der Waals surface area (Å²) in [6.45, 7) is 7.93. The number of rotatable bonds is 6. The highest BCUT2D eigenvalue weighted by Gasteiger charge is 2.43. The summed E-state index contributed by atoms with van der Waals surface area (Å²) >= 11 is 0. The molecule has 1 saturated carbocycles. The first-order valence-corrected chi connectivity index (χ1v) is 7.82. The highest BCUT2D eigenvalue weighted by Crippen LogP contribution is 2.32. The summed E-state index contributed by atoms with van der Waals surface area (Å²) in [4.78, 5) is 33.7. The van der Waals surface area contributed by atoms with Crippen LogP contribution in [0.3, 0.4) is 0 Å². The molecule has 1 fully saturated rings. The van der Waals surface area contributed by atoms with E-state index in [1.165, 1.54) is 20.8 Å². The maximum Gasteiger partial charge on any atom is 0.303 e. The lowest BCUT2D eigenvalue weighted by atomic mass is 9.83. The molecule has 1 aliphatic rings. The molecule has 0 N–H and O–H groups in total. The fourth-order valence-corrected chi connectivity index (χ4v) is 2.79. The van der Waals surface area contributed by atoms with Crippen molar-refractivity contribution in [2.24, 2.45) is 5.92 Å². The van der Waals surface area contributed by atoms with Gasteiger partial charge in [-0.05, 0) is 32.6 Å². The Kier molecular flexibility index (Phi) is 7.48. The Morgan fingerprint density at radius 3 is 1.96 bits per heavy atom. The molecule has 0 bridgehead atoms. The largest absolute Gasteiger partial charge is 0.466 e. The monoisotopic (exact) mass is 330 g/mol. The minimum atomic E-state index is -0.660. The van der Waals surface area contributed by atoms with E-state index in [0.29, 0.717) is 12.8 Å². The molecule has 23 heavy (non-hydrogen) atoms. The SMILES string of the molecule is CC(=O)OC[C@@H]1C[C@@H](OC(C)=O)[C@@H](OC(C)=O)[C@H](OC(C)C)C1. The Hall–Kier alpha value is -1.63. The van der Waals surface area contributed by atoms with Crippen LogP contribution in [0.4, 0.5) is 0 Å². The number of hydrogen-bond acceptors (Lipinski definition) is 7. The quantitative estimate of drug-likeness (QED) is 0.540. The van der Waals surface area contributed by atoms with Gasteiger partial charge in [-0.3, -0.25) is 14.4 Å². The van der Waals surface area contributed by atoms with Crippen LogP contribution in [0.1, 0.15) is 47.5 Å². The molecule has 1 aliphatic carbocycles. The van der Waals surface area contributed by atoms with E-state index >= 15 is 0 Å². The van der Waals surface area contributed by atoms with Crippen molar-refractivity contribution in [3.63, 3.8) is 0 Å². The van der Waals surface area contributed by atoms with Crippen LogP contribution < -0.4 is 0 Å². The third kappa shape index (κ3) is 6.99. The summed E-state index contributed by atoms with van der Waals surface area (Å²) in [6, 6.07) is 0. The zero-order valence-electron chi connectivity index (χ0n) is 14.4. The second kappa shape index (κ2) is 8.86. The lowest BCUT2D eigenvalue weighted by Crippen LogP contribution is -2.51. The van der Waals surface area contributed by atoms with Crippen LogP contribution in [0, 0.1) is 5.92 Å². The van der Waals surface area contributed by atoms with Crippen LogP contribution in [-0.2, 0) is 33.3 Å². The summed E-state index contributed by atoms with van der Waals surface area (Å²) in [5.74, 6) is -1.30. The summed E-state index contributed by atoms with van der Waals surface area (Å²) in [5, 5.41) is 0. The summed E-state index contributed by atoms with van der Waals surface area (Å²) in [5.41, 5.74) is 0. The van der Waals surface area contributed by atoms with Crippen molar-refractivity contribution in [2.75, 3.05) is 6.61 Å². The van der Waals surface area contributed by atoms with Crippen LogP contribution in [0.2, 0.25) is 0 Å². The van der Waals surface area contributed by atoms with Gasteiger partial charge < -0.3 is 18.9 Å². The first-order valence-electron chi connectivity index (χ1n) is 7.82. The molecule has 4 atom stereocenters. The molecule has 0 radical (unpaired) electrons. The van der Waals surface area contributed by atoms with Crippen molar-refractivity contribution >= 4 is 17.9 Å². The third-order valence-electron chi connectivity index (χ3n) is 3.45. The van der Waals surface area contributed by atoms with Crippen molar-refractivity contribution in [3.8, 4) is 0 Å². The van der Waals surface area contributed by atoms with Gasteiger partial charge >= 0.3 is 17.9 Å². The Bertz CT molecular complexity index is 432. The van der Waals surface area contributed by atoms with E-state index in [1.807, 2.05) is 13.8 Å². The predicted molar refractivity (Wildman–Crippen MR) is 80.5 cm³/mol. The number of ether oxygens (including phenoxy) is 4. The van der Waals surface area contributed by atoms with Gasteiger partial charge in [-0.15, -0.1) is 0 Å². The van der Waals surface area contributed by atoms with Crippen LogP contribution >= 0.6 is 0 Å². The van der Waals surface area contributed by atoms with Crippen LogP contribution in [0.25, 0.3) is 0 Å². The molecule has 0 saturated heterocycles. The van der Waals surface area contributed by atoms with Crippen molar-refractivity contribution in [3.05, 3.63) is 0 Å². The normalized spacial score (nSPS) is 27.4. The van der Waals surface area contributed by atoms with E-state index in [4.69, 9.17) is 18.9 Å². The van der Waals surface area contributed by atoms with Crippen molar-refractivity contribution in [1.82, 2.24) is 0 Å². The van der Waals surface area contributed by atoms with E-state index in [1.54, 1.807) is 0 Å². The Labute approximate surface area is 136 Å². The van der Waals surface area contributed by atoms with Gasteiger partial charge in [-0.2, -0.15) is 0 Å². The van der Waals surface area contributed by atoms with Crippen LogP contribution in [0.5, 0.6) is 0 Å². The topological polar surface area (TPSA) is 88.1 Å². The summed E-state index contributed by atoms with van der Waals surface area (Å²) < 4.78 is 21.6. The summed E-state index contributed by atoms with van der Waals surface area (Å²) in [7, 11) is 0.